The number of carboxylic acid groups (broad SMARTS) is 1. The maximum absolute atomic E-state index is 11.6. The number of carbonyl (C=O) groups is 2. The fourth-order valence-electron chi connectivity index (χ4n) is 1.00. The second kappa shape index (κ2) is 6.62. The molecule has 82 valence electrons. The van der Waals surface area contributed by atoms with E-state index in [2.05, 4.69) is 12.5 Å². The van der Waals surface area contributed by atoms with E-state index in [9.17, 15) is 9.59 Å². The van der Waals surface area contributed by atoms with Gasteiger partial charge < -0.3 is 15.7 Å². The summed E-state index contributed by atoms with van der Waals surface area (Å²) in [5.41, 5.74) is 5.51. The minimum atomic E-state index is -1.12. The summed E-state index contributed by atoms with van der Waals surface area (Å²) in [6, 6.07) is -0.782. The van der Waals surface area contributed by atoms with E-state index in [1.54, 1.807) is 0 Å². The summed E-state index contributed by atoms with van der Waals surface area (Å²) >= 11 is 0. The molecule has 15 heavy (non-hydrogen) atoms. The molecule has 0 radical (unpaired) electrons. The minimum absolute atomic E-state index is 0.0595. The van der Waals surface area contributed by atoms with E-state index in [4.69, 9.17) is 17.3 Å². The average molecular weight is 210 g/mol. The van der Waals surface area contributed by atoms with Gasteiger partial charge in [-0.3, -0.25) is 9.59 Å². The number of nitrogens with zero attached hydrogens (tertiary/aromatic N) is 1. The molecular weight excluding hydrogens is 196 g/mol. The highest BCUT2D eigenvalue weighted by Gasteiger charge is 2.21. The molecule has 0 saturated heterocycles. The van der Waals surface area contributed by atoms with Crippen LogP contribution in [-0.4, -0.2) is 41.0 Å². The minimum Gasteiger partial charge on any atom is -0.480 e. The third kappa shape index (κ3) is 4.84. The summed E-state index contributed by atoms with van der Waals surface area (Å²) < 4.78 is 0. The fourth-order valence-corrected chi connectivity index (χ4v) is 1.00. The zero-order chi connectivity index (χ0) is 11.8. The molecule has 5 nitrogen and oxygen atoms in total. The van der Waals surface area contributed by atoms with Gasteiger partial charge in [0.25, 0.3) is 0 Å². The lowest BCUT2D eigenvalue weighted by Crippen LogP contribution is -2.45. The first-order chi connectivity index (χ1) is 7.02. The molecule has 0 saturated carbocycles. The van der Waals surface area contributed by atoms with Crippen LogP contribution >= 0.6 is 0 Å². The molecule has 0 spiro atoms. The Morgan fingerprint density at radius 2 is 2.27 bits per heavy atom. The van der Waals surface area contributed by atoms with E-state index < -0.39 is 24.5 Å². The van der Waals surface area contributed by atoms with Crippen LogP contribution in [-0.2, 0) is 9.59 Å². The molecule has 5 heteroatoms. The molecule has 3 N–H and O–H groups in total. The van der Waals surface area contributed by atoms with Crippen LogP contribution in [0.4, 0.5) is 0 Å². The van der Waals surface area contributed by atoms with Crippen molar-refractivity contribution in [3.05, 3.63) is 12.7 Å². The van der Waals surface area contributed by atoms with Gasteiger partial charge in [-0.25, -0.2) is 0 Å². The van der Waals surface area contributed by atoms with E-state index in [0.717, 1.165) is 4.90 Å². The Balaban J connectivity index is 4.47. The fraction of sp³-hybridized carbons (Fsp3) is 0.400. The Bertz CT molecular complexity index is 294. The Labute approximate surface area is 88.6 Å². The number of terminal acetylenes is 1. The first kappa shape index (κ1) is 13.2. The van der Waals surface area contributed by atoms with Crippen LogP contribution in [0.25, 0.3) is 0 Å². The predicted molar refractivity (Wildman–Crippen MR) is 55.8 cm³/mol. The van der Waals surface area contributed by atoms with Crippen LogP contribution in [0, 0.1) is 12.3 Å². The molecular formula is C10H14N2O3. The average Bonchev–Trinajstić information content (AvgIpc) is 2.16. The smallest absolute Gasteiger partial charge is 0.323 e. The molecule has 0 bridgehead atoms. The molecule has 0 heterocycles. The van der Waals surface area contributed by atoms with Crippen LogP contribution in [0.3, 0.4) is 0 Å². The summed E-state index contributed by atoms with van der Waals surface area (Å²) in [7, 11) is 0. The topological polar surface area (TPSA) is 83.6 Å². The number of hydrogen-bond acceptors (Lipinski definition) is 3. The van der Waals surface area contributed by atoms with Crippen LogP contribution in [0.1, 0.15) is 6.42 Å². The van der Waals surface area contributed by atoms with Crippen molar-refractivity contribution < 1.29 is 14.7 Å². The Morgan fingerprint density at radius 3 is 2.67 bits per heavy atom. The molecule has 0 aliphatic carbocycles. The summed E-state index contributed by atoms with van der Waals surface area (Å²) in [4.78, 5) is 23.0. The van der Waals surface area contributed by atoms with E-state index in [-0.39, 0.29) is 6.54 Å². The second-order valence-corrected chi connectivity index (χ2v) is 2.92. The van der Waals surface area contributed by atoms with Gasteiger partial charge in [0.1, 0.15) is 6.54 Å². The van der Waals surface area contributed by atoms with E-state index in [0.29, 0.717) is 6.42 Å². The molecule has 0 fully saturated rings. The quantitative estimate of drug-likeness (QED) is 0.454. The summed E-state index contributed by atoms with van der Waals surface area (Å²) in [5.74, 6) is 0.614. The van der Waals surface area contributed by atoms with Gasteiger partial charge in [-0.1, -0.05) is 12.0 Å². The van der Waals surface area contributed by atoms with Crippen molar-refractivity contribution in [2.45, 2.75) is 12.5 Å². The van der Waals surface area contributed by atoms with Crippen LogP contribution in [0.15, 0.2) is 12.7 Å². The Hall–Kier alpha value is -1.80. The Morgan fingerprint density at radius 1 is 1.67 bits per heavy atom. The Kier molecular flexibility index (Phi) is 5.83. The van der Waals surface area contributed by atoms with Crippen molar-refractivity contribution >= 4 is 11.9 Å². The number of hydrogen-bond donors (Lipinski definition) is 2. The first-order valence-corrected chi connectivity index (χ1v) is 4.33. The number of carboxylic acids is 1. The lowest BCUT2D eigenvalue weighted by atomic mass is 10.2. The van der Waals surface area contributed by atoms with Crippen molar-refractivity contribution in [2.24, 2.45) is 5.73 Å². The highest BCUT2D eigenvalue weighted by molar-refractivity contribution is 5.85. The molecule has 1 atom stereocenters. The van der Waals surface area contributed by atoms with Gasteiger partial charge in [0.2, 0.25) is 5.91 Å². The standard InChI is InChI=1S/C10H14N2O3/c1-3-5-8(11)10(15)12(6-4-2)7-9(13)14/h2-3,8H,1,5-7,11H2,(H,13,14). The maximum atomic E-state index is 11.6. The van der Waals surface area contributed by atoms with Gasteiger partial charge in [-0.15, -0.1) is 13.0 Å². The van der Waals surface area contributed by atoms with Crippen molar-refractivity contribution in [1.82, 2.24) is 4.90 Å². The number of rotatable bonds is 6. The van der Waals surface area contributed by atoms with E-state index >= 15 is 0 Å². The lowest BCUT2D eigenvalue weighted by Gasteiger charge is -2.21. The van der Waals surface area contributed by atoms with E-state index in [1.165, 1.54) is 6.08 Å². The summed E-state index contributed by atoms with van der Waals surface area (Å²) in [5, 5.41) is 8.55. The third-order valence-electron chi connectivity index (χ3n) is 1.66. The molecule has 0 aromatic heterocycles. The molecule has 0 aliphatic heterocycles. The van der Waals surface area contributed by atoms with E-state index in [1.807, 2.05) is 0 Å². The van der Waals surface area contributed by atoms with Gasteiger partial charge in [0.15, 0.2) is 0 Å². The monoisotopic (exact) mass is 210 g/mol. The van der Waals surface area contributed by atoms with Gasteiger partial charge in [-0.2, -0.15) is 0 Å². The molecule has 1 unspecified atom stereocenters. The largest absolute Gasteiger partial charge is 0.480 e. The number of carbonyl (C=O) groups excluding carboxylic acids is 1. The van der Waals surface area contributed by atoms with Gasteiger partial charge in [-0.05, 0) is 6.42 Å². The normalized spacial score (nSPS) is 11.2. The predicted octanol–water partition coefficient (Wildman–Crippen LogP) is -0.564. The zero-order valence-corrected chi connectivity index (χ0v) is 8.35. The van der Waals surface area contributed by atoms with Crippen LogP contribution < -0.4 is 5.73 Å². The third-order valence-corrected chi connectivity index (χ3v) is 1.66. The van der Waals surface area contributed by atoms with Crippen molar-refractivity contribution in [3.63, 3.8) is 0 Å². The van der Waals surface area contributed by atoms with Crippen molar-refractivity contribution in [2.75, 3.05) is 13.1 Å². The zero-order valence-electron chi connectivity index (χ0n) is 8.35. The lowest BCUT2D eigenvalue weighted by molar-refractivity contribution is -0.144. The van der Waals surface area contributed by atoms with Crippen molar-refractivity contribution in [1.29, 1.82) is 0 Å². The number of aliphatic carboxylic acids is 1. The second-order valence-electron chi connectivity index (χ2n) is 2.92. The SMILES string of the molecule is C#CCN(CC(=O)O)C(=O)C(N)CC=C. The number of amides is 1. The highest BCUT2D eigenvalue weighted by atomic mass is 16.4. The number of nitrogens with two attached hydrogens (primary N) is 1. The molecule has 1 amide bonds. The summed E-state index contributed by atoms with van der Waals surface area (Å²) in [6.07, 6.45) is 6.81. The van der Waals surface area contributed by atoms with Crippen LogP contribution in [0.5, 0.6) is 0 Å². The van der Waals surface area contributed by atoms with Gasteiger partial charge in [0.05, 0.1) is 12.6 Å². The van der Waals surface area contributed by atoms with Crippen molar-refractivity contribution in [3.8, 4) is 12.3 Å². The molecule has 0 aliphatic rings. The van der Waals surface area contributed by atoms with Gasteiger partial charge >= 0.3 is 5.97 Å². The van der Waals surface area contributed by atoms with Gasteiger partial charge in [0, 0.05) is 0 Å². The molecule has 0 rings (SSSR count). The summed E-state index contributed by atoms with van der Waals surface area (Å²) in [6.45, 7) is 2.95. The maximum Gasteiger partial charge on any atom is 0.323 e. The highest BCUT2D eigenvalue weighted by Crippen LogP contribution is 1.97. The molecule has 0 aromatic rings. The van der Waals surface area contributed by atoms with Crippen LogP contribution in [0.2, 0.25) is 0 Å². The molecule has 0 aromatic carbocycles. The first-order valence-electron chi connectivity index (χ1n) is 4.33.